The molecule has 0 fully saturated rings. The SMILES string of the molecule is O=c1[nH]c(=O)c2cccc(F)c2[nH]1. The summed E-state index contributed by atoms with van der Waals surface area (Å²) in [7, 11) is 0. The highest BCUT2D eigenvalue weighted by Gasteiger charge is 2.03. The fourth-order valence-electron chi connectivity index (χ4n) is 1.16. The fourth-order valence-corrected chi connectivity index (χ4v) is 1.16. The van der Waals surface area contributed by atoms with Crippen molar-refractivity contribution in [1.29, 1.82) is 0 Å². The van der Waals surface area contributed by atoms with E-state index in [-0.39, 0.29) is 10.9 Å². The van der Waals surface area contributed by atoms with Crippen molar-refractivity contribution in [2.75, 3.05) is 0 Å². The van der Waals surface area contributed by atoms with Crippen molar-refractivity contribution >= 4 is 10.9 Å². The molecule has 1 aromatic carbocycles. The van der Waals surface area contributed by atoms with Gasteiger partial charge in [0.2, 0.25) is 0 Å². The van der Waals surface area contributed by atoms with Gasteiger partial charge in [0.05, 0.1) is 10.9 Å². The predicted octanol–water partition coefficient (Wildman–Crippen LogP) is 0.356. The average Bonchev–Trinajstić information content (AvgIpc) is 2.07. The van der Waals surface area contributed by atoms with Crippen LogP contribution in [0.5, 0.6) is 0 Å². The third kappa shape index (κ3) is 1.14. The molecule has 0 aliphatic carbocycles. The van der Waals surface area contributed by atoms with E-state index < -0.39 is 17.1 Å². The average molecular weight is 180 g/mol. The minimum atomic E-state index is -0.706. The Labute approximate surface area is 71.0 Å². The molecule has 0 aliphatic heterocycles. The van der Waals surface area contributed by atoms with Gasteiger partial charge in [0, 0.05) is 0 Å². The lowest BCUT2D eigenvalue weighted by atomic mass is 10.2. The first-order chi connectivity index (χ1) is 6.18. The van der Waals surface area contributed by atoms with Crippen molar-refractivity contribution in [3.05, 3.63) is 44.9 Å². The van der Waals surface area contributed by atoms with E-state index in [4.69, 9.17) is 0 Å². The van der Waals surface area contributed by atoms with E-state index in [2.05, 4.69) is 4.98 Å². The molecule has 0 radical (unpaired) electrons. The van der Waals surface area contributed by atoms with Gasteiger partial charge in [-0.25, -0.2) is 9.18 Å². The Morgan fingerprint density at radius 2 is 1.92 bits per heavy atom. The monoisotopic (exact) mass is 180 g/mol. The van der Waals surface area contributed by atoms with E-state index in [9.17, 15) is 14.0 Å². The van der Waals surface area contributed by atoms with Crippen molar-refractivity contribution in [1.82, 2.24) is 9.97 Å². The summed E-state index contributed by atoms with van der Waals surface area (Å²) in [5, 5.41) is 0.139. The van der Waals surface area contributed by atoms with E-state index in [1.54, 1.807) is 0 Å². The Morgan fingerprint density at radius 1 is 1.15 bits per heavy atom. The van der Waals surface area contributed by atoms with Crippen LogP contribution >= 0.6 is 0 Å². The topological polar surface area (TPSA) is 65.7 Å². The van der Waals surface area contributed by atoms with Crippen LogP contribution in [0.2, 0.25) is 0 Å². The number of hydrogen-bond acceptors (Lipinski definition) is 2. The highest BCUT2D eigenvalue weighted by molar-refractivity contribution is 5.77. The molecule has 0 saturated heterocycles. The number of hydrogen-bond donors (Lipinski definition) is 2. The summed E-state index contributed by atoms with van der Waals surface area (Å²) in [6.07, 6.45) is 0. The van der Waals surface area contributed by atoms with Gasteiger partial charge in [0.1, 0.15) is 5.82 Å². The fraction of sp³-hybridized carbons (Fsp3) is 0. The second-order valence-electron chi connectivity index (χ2n) is 2.57. The van der Waals surface area contributed by atoms with E-state index >= 15 is 0 Å². The first-order valence-corrected chi connectivity index (χ1v) is 3.59. The molecule has 2 aromatic rings. The van der Waals surface area contributed by atoms with Crippen molar-refractivity contribution in [3.63, 3.8) is 0 Å². The Hall–Kier alpha value is -1.91. The molecule has 0 unspecified atom stereocenters. The van der Waals surface area contributed by atoms with Crippen LogP contribution in [0.3, 0.4) is 0 Å². The number of aromatic amines is 2. The lowest BCUT2D eigenvalue weighted by molar-refractivity contribution is 0.635. The molecule has 5 heteroatoms. The van der Waals surface area contributed by atoms with Gasteiger partial charge in [0.25, 0.3) is 5.56 Å². The van der Waals surface area contributed by atoms with Crippen LogP contribution in [0.4, 0.5) is 4.39 Å². The second-order valence-corrected chi connectivity index (χ2v) is 2.57. The zero-order valence-corrected chi connectivity index (χ0v) is 6.43. The molecular weight excluding hydrogens is 175 g/mol. The standard InChI is InChI=1S/C8H5FN2O2/c9-5-3-1-2-4-6(5)10-8(13)11-7(4)12/h1-3H,(H2,10,11,12,13). The second kappa shape index (κ2) is 2.55. The van der Waals surface area contributed by atoms with E-state index in [0.717, 1.165) is 0 Å². The maximum absolute atomic E-state index is 13.0. The first kappa shape index (κ1) is 7.72. The van der Waals surface area contributed by atoms with Crippen LogP contribution in [0, 0.1) is 5.82 Å². The van der Waals surface area contributed by atoms with Crippen molar-refractivity contribution in [3.8, 4) is 0 Å². The molecule has 4 nitrogen and oxygen atoms in total. The van der Waals surface area contributed by atoms with Crippen molar-refractivity contribution < 1.29 is 4.39 Å². The summed E-state index contributed by atoms with van der Waals surface area (Å²) in [4.78, 5) is 26.1. The molecule has 0 saturated carbocycles. The Kier molecular flexibility index (Phi) is 1.51. The highest BCUT2D eigenvalue weighted by Crippen LogP contribution is 2.08. The largest absolute Gasteiger partial charge is 0.326 e. The summed E-state index contributed by atoms with van der Waals surface area (Å²) in [6.45, 7) is 0. The number of halogens is 1. The molecule has 1 heterocycles. The van der Waals surface area contributed by atoms with E-state index in [1.165, 1.54) is 18.2 Å². The smallest absolute Gasteiger partial charge is 0.304 e. The van der Waals surface area contributed by atoms with Gasteiger partial charge in [-0.15, -0.1) is 0 Å². The molecule has 13 heavy (non-hydrogen) atoms. The van der Waals surface area contributed by atoms with Crippen LogP contribution < -0.4 is 11.2 Å². The molecule has 1 aromatic heterocycles. The number of H-pyrrole nitrogens is 2. The zero-order valence-electron chi connectivity index (χ0n) is 6.43. The van der Waals surface area contributed by atoms with E-state index in [0.29, 0.717) is 0 Å². The number of nitrogens with one attached hydrogen (secondary N) is 2. The lowest BCUT2D eigenvalue weighted by Crippen LogP contribution is -2.22. The number of benzene rings is 1. The normalized spacial score (nSPS) is 10.5. The molecule has 66 valence electrons. The predicted molar refractivity (Wildman–Crippen MR) is 45.1 cm³/mol. The number of fused-ring (bicyclic) bond motifs is 1. The van der Waals surface area contributed by atoms with Gasteiger partial charge in [-0.1, -0.05) is 6.07 Å². The molecule has 2 N–H and O–H groups in total. The molecule has 0 atom stereocenters. The highest BCUT2D eigenvalue weighted by atomic mass is 19.1. The number of rotatable bonds is 0. The number of para-hydroxylation sites is 1. The summed E-state index contributed by atoms with van der Waals surface area (Å²) >= 11 is 0. The van der Waals surface area contributed by atoms with Crippen LogP contribution in [0.1, 0.15) is 0 Å². The van der Waals surface area contributed by atoms with Gasteiger partial charge < -0.3 is 4.98 Å². The third-order valence-electron chi connectivity index (χ3n) is 1.72. The van der Waals surface area contributed by atoms with Crippen LogP contribution in [0.25, 0.3) is 10.9 Å². The molecule has 0 bridgehead atoms. The summed E-state index contributed by atoms with van der Waals surface area (Å²) in [5.41, 5.74) is -1.35. The number of aromatic nitrogens is 2. The Bertz CT molecular complexity index is 570. The van der Waals surface area contributed by atoms with Gasteiger partial charge in [-0.2, -0.15) is 0 Å². The van der Waals surface area contributed by atoms with Gasteiger partial charge in [0.15, 0.2) is 0 Å². The first-order valence-electron chi connectivity index (χ1n) is 3.59. The zero-order chi connectivity index (χ0) is 9.42. The van der Waals surface area contributed by atoms with Gasteiger partial charge >= 0.3 is 5.69 Å². The lowest BCUT2D eigenvalue weighted by Gasteiger charge is -1.95. The van der Waals surface area contributed by atoms with Gasteiger partial charge in [-0.05, 0) is 12.1 Å². The minimum Gasteiger partial charge on any atom is -0.304 e. The summed E-state index contributed by atoms with van der Waals surface area (Å²) < 4.78 is 13.0. The molecule has 2 rings (SSSR count). The van der Waals surface area contributed by atoms with Gasteiger partial charge in [-0.3, -0.25) is 9.78 Å². The van der Waals surface area contributed by atoms with Crippen molar-refractivity contribution in [2.45, 2.75) is 0 Å². The molecule has 0 aliphatic rings. The Balaban J connectivity index is 3.12. The van der Waals surface area contributed by atoms with Crippen LogP contribution in [-0.2, 0) is 0 Å². The van der Waals surface area contributed by atoms with E-state index in [1.807, 2.05) is 4.98 Å². The molecular formula is C8H5FN2O2. The minimum absolute atomic E-state index is 0.0590. The molecule has 0 spiro atoms. The summed E-state index contributed by atoms with van der Waals surface area (Å²) in [6, 6.07) is 4.02. The third-order valence-corrected chi connectivity index (χ3v) is 1.72. The maximum Gasteiger partial charge on any atom is 0.326 e. The Morgan fingerprint density at radius 3 is 2.69 bits per heavy atom. The summed E-state index contributed by atoms with van der Waals surface area (Å²) in [5.74, 6) is -0.610. The van der Waals surface area contributed by atoms with Crippen molar-refractivity contribution in [2.24, 2.45) is 0 Å². The van der Waals surface area contributed by atoms with Crippen LogP contribution in [0.15, 0.2) is 27.8 Å². The van der Waals surface area contributed by atoms with Crippen LogP contribution in [-0.4, -0.2) is 9.97 Å². The quantitative estimate of drug-likeness (QED) is 0.614. The maximum atomic E-state index is 13.0. The molecule has 0 amide bonds.